The molecule has 0 aliphatic rings. The Balaban J connectivity index is 4.13. The Morgan fingerprint density at radius 3 is 1.88 bits per heavy atom. The number of hydrogen-bond acceptors (Lipinski definition) is 5. The molecule has 0 aromatic carbocycles. The van der Waals surface area contributed by atoms with E-state index >= 15 is 0 Å². The zero-order chi connectivity index (χ0) is 13.3. The number of ether oxygens (including phenoxy) is 2. The number of hydrogen-bond donors (Lipinski definition) is 1. The summed E-state index contributed by atoms with van der Waals surface area (Å²) in [7, 11) is 0. The van der Waals surface area contributed by atoms with Gasteiger partial charge in [-0.3, -0.25) is 14.4 Å². The van der Waals surface area contributed by atoms with Crippen LogP contribution in [0.25, 0.3) is 0 Å². The maximum absolute atomic E-state index is 11.4. The first-order valence-electron chi connectivity index (χ1n) is 5.49. The minimum absolute atomic E-state index is 0.0692. The van der Waals surface area contributed by atoms with Crippen molar-refractivity contribution in [1.82, 2.24) is 5.32 Å². The van der Waals surface area contributed by atoms with E-state index in [2.05, 4.69) is 5.32 Å². The van der Waals surface area contributed by atoms with Crippen LogP contribution in [-0.4, -0.2) is 37.6 Å². The second kappa shape index (κ2) is 8.55. The van der Waals surface area contributed by atoms with Crippen LogP contribution in [0.1, 0.15) is 27.2 Å². The smallest absolute Gasteiger partial charge is 0.302 e. The highest BCUT2D eigenvalue weighted by molar-refractivity contribution is 5.76. The van der Waals surface area contributed by atoms with Crippen molar-refractivity contribution in [1.29, 1.82) is 0 Å². The van der Waals surface area contributed by atoms with E-state index in [-0.39, 0.29) is 31.5 Å². The summed E-state index contributed by atoms with van der Waals surface area (Å²) in [5.74, 6) is -1.31. The van der Waals surface area contributed by atoms with Crippen molar-refractivity contribution >= 4 is 17.8 Å². The van der Waals surface area contributed by atoms with E-state index in [0.29, 0.717) is 6.54 Å². The number of amides is 1. The molecule has 0 heterocycles. The molecule has 0 aromatic heterocycles. The molecule has 0 fully saturated rings. The maximum Gasteiger partial charge on any atom is 0.302 e. The van der Waals surface area contributed by atoms with Gasteiger partial charge >= 0.3 is 11.9 Å². The fraction of sp³-hybridized carbons (Fsp3) is 0.727. The van der Waals surface area contributed by atoms with Gasteiger partial charge in [0.05, 0.1) is 13.2 Å². The highest BCUT2D eigenvalue weighted by Gasteiger charge is 2.16. The topological polar surface area (TPSA) is 81.7 Å². The average Bonchev–Trinajstić information content (AvgIpc) is 2.22. The summed E-state index contributed by atoms with van der Waals surface area (Å²) < 4.78 is 9.61. The van der Waals surface area contributed by atoms with Crippen LogP contribution in [-0.2, 0) is 23.9 Å². The molecule has 0 saturated carbocycles. The standard InChI is InChI=1S/C11H19NO5/c1-4-12-11(15)5-10(6-16-8(2)13)7-17-9(3)14/h10H,4-7H2,1-3H3,(H,12,15). The van der Waals surface area contributed by atoms with Crippen LogP contribution in [0, 0.1) is 5.92 Å². The predicted octanol–water partition coefficient (Wildman–Crippen LogP) is 0.255. The molecule has 0 aliphatic heterocycles. The third kappa shape index (κ3) is 9.35. The van der Waals surface area contributed by atoms with Crippen LogP contribution >= 0.6 is 0 Å². The van der Waals surface area contributed by atoms with Crippen LogP contribution in [0.2, 0.25) is 0 Å². The molecule has 0 unspecified atom stereocenters. The number of carbonyl (C=O) groups excluding carboxylic acids is 3. The molecule has 0 radical (unpaired) electrons. The third-order valence-electron chi connectivity index (χ3n) is 1.89. The highest BCUT2D eigenvalue weighted by Crippen LogP contribution is 2.05. The molecule has 17 heavy (non-hydrogen) atoms. The Kier molecular flexibility index (Phi) is 7.75. The minimum atomic E-state index is -0.422. The van der Waals surface area contributed by atoms with Gasteiger partial charge in [-0.2, -0.15) is 0 Å². The Morgan fingerprint density at radius 2 is 1.53 bits per heavy atom. The number of rotatable bonds is 7. The number of carbonyl (C=O) groups is 3. The molecule has 0 atom stereocenters. The first-order chi connectivity index (χ1) is 7.95. The van der Waals surface area contributed by atoms with Gasteiger partial charge in [-0.1, -0.05) is 0 Å². The number of esters is 2. The Morgan fingerprint density at radius 1 is 1.06 bits per heavy atom. The predicted molar refractivity (Wildman–Crippen MR) is 60.1 cm³/mol. The molecular weight excluding hydrogens is 226 g/mol. The Labute approximate surface area is 101 Å². The summed E-state index contributed by atoms with van der Waals surface area (Å²) in [5, 5.41) is 2.63. The quantitative estimate of drug-likeness (QED) is 0.650. The van der Waals surface area contributed by atoms with Crippen molar-refractivity contribution in [3.05, 3.63) is 0 Å². The van der Waals surface area contributed by atoms with Crippen LogP contribution in [0.15, 0.2) is 0 Å². The van der Waals surface area contributed by atoms with Gasteiger partial charge in [0.2, 0.25) is 5.91 Å². The van der Waals surface area contributed by atoms with Crippen LogP contribution in [0.5, 0.6) is 0 Å². The second-order valence-electron chi connectivity index (χ2n) is 3.63. The van der Waals surface area contributed by atoms with E-state index in [9.17, 15) is 14.4 Å². The summed E-state index contributed by atoms with van der Waals surface area (Å²) in [6, 6.07) is 0. The fourth-order valence-corrected chi connectivity index (χ4v) is 1.17. The molecule has 1 N–H and O–H groups in total. The third-order valence-corrected chi connectivity index (χ3v) is 1.89. The lowest BCUT2D eigenvalue weighted by molar-refractivity contribution is -0.147. The molecule has 0 bridgehead atoms. The minimum Gasteiger partial charge on any atom is -0.465 e. The number of nitrogens with one attached hydrogen (secondary N) is 1. The molecule has 6 heteroatoms. The van der Waals surface area contributed by atoms with E-state index in [1.807, 2.05) is 6.92 Å². The van der Waals surface area contributed by atoms with Crippen molar-refractivity contribution in [2.24, 2.45) is 5.92 Å². The van der Waals surface area contributed by atoms with Gasteiger partial charge in [0, 0.05) is 32.7 Å². The van der Waals surface area contributed by atoms with E-state index < -0.39 is 11.9 Å². The first-order valence-corrected chi connectivity index (χ1v) is 5.49. The van der Waals surface area contributed by atoms with Crippen molar-refractivity contribution < 1.29 is 23.9 Å². The van der Waals surface area contributed by atoms with Crippen molar-refractivity contribution in [2.75, 3.05) is 19.8 Å². The normalized spacial score (nSPS) is 9.88. The van der Waals surface area contributed by atoms with Crippen LogP contribution in [0.3, 0.4) is 0 Å². The van der Waals surface area contributed by atoms with Crippen molar-refractivity contribution in [3.63, 3.8) is 0 Å². The Bertz CT molecular complexity index is 259. The van der Waals surface area contributed by atoms with Gasteiger partial charge in [0.15, 0.2) is 0 Å². The zero-order valence-corrected chi connectivity index (χ0v) is 10.4. The molecule has 0 saturated heterocycles. The first kappa shape index (κ1) is 15.4. The molecular formula is C11H19NO5. The van der Waals surface area contributed by atoms with Gasteiger partial charge < -0.3 is 14.8 Å². The molecule has 98 valence electrons. The van der Waals surface area contributed by atoms with Crippen molar-refractivity contribution in [3.8, 4) is 0 Å². The van der Waals surface area contributed by atoms with E-state index in [0.717, 1.165) is 0 Å². The highest BCUT2D eigenvalue weighted by atomic mass is 16.5. The summed E-state index contributed by atoms with van der Waals surface area (Å²) in [5.41, 5.74) is 0. The maximum atomic E-state index is 11.4. The molecule has 0 spiro atoms. The second-order valence-corrected chi connectivity index (χ2v) is 3.63. The summed E-state index contributed by atoms with van der Waals surface area (Å²) in [6.07, 6.45) is 0.161. The van der Waals surface area contributed by atoms with Gasteiger partial charge in [-0.15, -0.1) is 0 Å². The lowest BCUT2D eigenvalue weighted by atomic mass is 10.1. The van der Waals surface area contributed by atoms with Crippen molar-refractivity contribution in [2.45, 2.75) is 27.2 Å². The van der Waals surface area contributed by atoms with E-state index in [4.69, 9.17) is 9.47 Å². The molecule has 6 nitrogen and oxygen atoms in total. The summed E-state index contributed by atoms with van der Waals surface area (Å²) in [4.78, 5) is 32.7. The molecule has 0 rings (SSSR count). The summed E-state index contributed by atoms with van der Waals surface area (Å²) >= 11 is 0. The summed E-state index contributed by atoms with van der Waals surface area (Å²) in [6.45, 7) is 5.06. The Hall–Kier alpha value is -1.59. The largest absolute Gasteiger partial charge is 0.465 e. The van der Waals surface area contributed by atoms with Gasteiger partial charge in [0.1, 0.15) is 0 Å². The van der Waals surface area contributed by atoms with Gasteiger partial charge in [-0.25, -0.2) is 0 Å². The molecule has 0 aromatic rings. The van der Waals surface area contributed by atoms with Crippen LogP contribution in [0.4, 0.5) is 0 Å². The lowest BCUT2D eigenvalue weighted by Crippen LogP contribution is -2.29. The molecule has 0 aliphatic carbocycles. The lowest BCUT2D eigenvalue weighted by Gasteiger charge is -2.15. The van der Waals surface area contributed by atoms with Gasteiger partial charge in [-0.05, 0) is 6.92 Å². The van der Waals surface area contributed by atoms with Crippen LogP contribution < -0.4 is 5.32 Å². The zero-order valence-electron chi connectivity index (χ0n) is 10.4. The van der Waals surface area contributed by atoms with E-state index in [1.54, 1.807) is 0 Å². The van der Waals surface area contributed by atoms with E-state index in [1.165, 1.54) is 13.8 Å². The average molecular weight is 245 g/mol. The molecule has 1 amide bonds. The SMILES string of the molecule is CCNC(=O)CC(COC(C)=O)COC(C)=O. The monoisotopic (exact) mass is 245 g/mol. The fourth-order valence-electron chi connectivity index (χ4n) is 1.17. The van der Waals surface area contributed by atoms with Gasteiger partial charge in [0.25, 0.3) is 0 Å².